The van der Waals surface area contributed by atoms with E-state index >= 15 is 0 Å². The molecular weight excluding hydrogens is 588 g/mol. The lowest BCUT2D eigenvalue weighted by atomic mass is 9.99. The highest BCUT2D eigenvalue weighted by Crippen LogP contribution is 2.27. The Morgan fingerprint density at radius 1 is 1.00 bits per heavy atom. The van der Waals surface area contributed by atoms with Crippen molar-refractivity contribution in [2.45, 2.75) is 51.6 Å². The number of carbonyl (C=O) groups is 2. The van der Waals surface area contributed by atoms with E-state index in [-0.39, 0.29) is 0 Å². The summed E-state index contributed by atoms with van der Waals surface area (Å²) in [5.74, 6) is -2.68. The van der Waals surface area contributed by atoms with Gasteiger partial charge < -0.3 is 19.8 Å². The van der Waals surface area contributed by atoms with E-state index in [9.17, 15) is 26.3 Å². The normalized spacial score (nSPS) is 16.0. The van der Waals surface area contributed by atoms with Crippen LogP contribution in [0.3, 0.4) is 0 Å². The second-order valence-electron chi connectivity index (χ2n) is 10.1. The summed E-state index contributed by atoms with van der Waals surface area (Å²) in [5, 5.41) is 19.1. The number of rotatable bonds is 4. The summed E-state index contributed by atoms with van der Waals surface area (Å²) in [6.07, 6.45) is -4.61. The first-order valence-corrected chi connectivity index (χ1v) is 13.2. The van der Waals surface area contributed by atoms with Crippen molar-refractivity contribution in [1.29, 1.82) is 0 Å². The SMILES string of the molecule is COc1cccc(CN2CCc3nn4ccc(N5CCC(C)CC5)nc4c3C2)c1.O=C(O)C(F)(F)F.O=C(O)C(F)(F)F. The predicted octanol–water partition coefficient (Wildman–Crippen LogP) is 4.80. The molecule has 2 aliphatic heterocycles. The van der Waals surface area contributed by atoms with Gasteiger partial charge in [-0.25, -0.2) is 19.1 Å². The Labute approximate surface area is 242 Å². The summed E-state index contributed by atoms with van der Waals surface area (Å²) in [5.41, 5.74) is 4.78. The summed E-state index contributed by atoms with van der Waals surface area (Å²) in [6, 6.07) is 10.5. The molecule has 10 nitrogen and oxygen atoms in total. The first-order valence-electron chi connectivity index (χ1n) is 13.2. The zero-order valence-corrected chi connectivity index (χ0v) is 23.3. The molecule has 0 aliphatic carbocycles. The van der Waals surface area contributed by atoms with E-state index in [2.05, 4.69) is 47.2 Å². The van der Waals surface area contributed by atoms with Crippen LogP contribution in [0.1, 0.15) is 36.6 Å². The molecule has 0 spiro atoms. The fraction of sp³-hybridized carbons (Fsp3) is 0.481. The molecule has 43 heavy (non-hydrogen) atoms. The molecule has 3 aromatic rings. The van der Waals surface area contributed by atoms with Crippen LogP contribution in [-0.4, -0.2) is 80.7 Å². The van der Waals surface area contributed by atoms with Crippen LogP contribution in [0.15, 0.2) is 36.5 Å². The van der Waals surface area contributed by atoms with Gasteiger partial charge in [-0.1, -0.05) is 19.1 Å². The molecule has 2 aliphatic rings. The van der Waals surface area contributed by atoms with Gasteiger partial charge in [0.25, 0.3) is 0 Å². The number of aromatic nitrogens is 3. The fourth-order valence-corrected chi connectivity index (χ4v) is 4.52. The third-order valence-electron chi connectivity index (χ3n) is 6.83. The summed E-state index contributed by atoms with van der Waals surface area (Å²) >= 11 is 0. The summed E-state index contributed by atoms with van der Waals surface area (Å²) in [7, 11) is 1.72. The molecule has 0 radical (unpaired) electrons. The van der Waals surface area contributed by atoms with Crippen LogP contribution in [0, 0.1) is 5.92 Å². The van der Waals surface area contributed by atoms with Gasteiger partial charge in [-0.2, -0.15) is 31.4 Å². The fourth-order valence-electron chi connectivity index (χ4n) is 4.52. The number of aliphatic carboxylic acids is 2. The number of piperidine rings is 1. The van der Waals surface area contributed by atoms with Crippen molar-refractivity contribution in [1.82, 2.24) is 19.5 Å². The van der Waals surface area contributed by atoms with Crippen molar-refractivity contribution >= 4 is 23.4 Å². The van der Waals surface area contributed by atoms with Gasteiger partial charge in [-0.05, 0) is 42.5 Å². The summed E-state index contributed by atoms with van der Waals surface area (Å²) in [4.78, 5) is 27.7. The van der Waals surface area contributed by atoms with Crippen LogP contribution in [0.25, 0.3) is 5.65 Å². The second kappa shape index (κ2) is 13.9. The number of carboxylic acid groups (broad SMARTS) is 2. The number of hydrogen-bond donors (Lipinski definition) is 2. The number of halogens is 6. The van der Waals surface area contributed by atoms with Gasteiger partial charge in [-0.3, -0.25) is 4.90 Å². The molecule has 1 fully saturated rings. The van der Waals surface area contributed by atoms with E-state index in [0.29, 0.717) is 0 Å². The van der Waals surface area contributed by atoms with Gasteiger partial charge in [0.15, 0.2) is 5.65 Å². The van der Waals surface area contributed by atoms with Crippen molar-refractivity contribution < 1.29 is 50.9 Å². The van der Waals surface area contributed by atoms with E-state index in [4.69, 9.17) is 34.6 Å². The molecule has 0 amide bonds. The molecule has 4 heterocycles. The van der Waals surface area contributed by atoms with Crippen molar-refractivity contribution in [3.63, 3.8) is 0 Å². The van der Waals surface area contributed by atoms with Crippen molar-refractivity contribution in [2.75, 3.05) is 31.6 Å². The largest absolute Gasteiger partial charge is 0.497 e. The van der Waals surface area contributed by atoms with E-state index in [1.807, 2.05) is 10.6 Å². The lowest BCUT2D eigenvalue weighted by molar-refractivity contribution is -0.193. The van der Waals surface area contributed by atoms with Gasteiger partial charge in [0, 0.05) is 50.9 Å². The molecule has 0 atom stereocenters. The number of fused-ring (bicyclic) bond motifs is 3. The Morgan fingerprint density at radius 3 is 2.16 bits per heavy atom. The number of methoxy groups -OCH3 is 1. The van der Waals surface area contributed by atoms with Crippen LogP contribution in [0.2, 0.25) is 0 Å². The van der Waals surface area contributed by atoms with E-state index < -0.39 is 24.3 Å². The highest BCUT2D eigenvalue weighted by molar-refractivity contribution is 5.73. The molecule has 0 saturated carbocycles. The number of carboxylic acids is 2. The summed E-state index contributed by atoms with van der Waals surface area (Å²) in [6.45, 7) is 7.37. The number of anilines is 1. The van der Waals surface area contributed by atoms with Gasteiger partial charge in [0.1, 0.15) is 11.6 Å². The number of nitrogens with zero attached hydrogens (tertiary/aromatic N) is 5. The molecule has 1 aromatic carbocycles. The Morgan fingerprint density at radius 2 is 1.60 bits per heavy atom. The van der Waals surface area contributed by atoms with Gasteiger partial charge in [0.2, 0.25) is 0 Å². The molecule has 0 unspecified atom stereocenters. The van der Waals surface area contributed by atoms with Crippen LogP contribution in [-0.2, 0) is 29.1 Å². The third-order valence-corrected chi connectivity index (χ3v) is 6.83. The minimum Gasteiger partial charge on any atom is -0.497 e. The maximum atomic E-state index is 10.6. The van der Waals surface area contributed by atoms with E-state index in [1.165, 1.54) is 29.7 Å². The lowest BCUT2D eigenvalue weighted by Crippen LogP contribution is -2.33. The monoisotopic (exact) mass is 619 g/mol. The molecule has 16 heteroatoms. The van der Waals surface area contributed by atoms with Crippen LogP contribution in [0.4, 0.5) is 32.2 Å². The Kier molecular flexibility index (Phi) is 10.8. The quantitative estimate of drug-likeness (QED) is 0.397. The maximum absolute atomic E-state index is 10.6. The van der Waals surface area contributed by atoms with Crippen LogP contribution < -0.4 is 9.64 Å². The molecule has 236 valence electrons. The Hall–Kier alpha value is -4.08. The third kappa shape index (κ3) is 9.46. The number of alkyl halides is 6. The van der Waals surface area contributed by atoms with Crippen molar-refractivity contribution in [2.24, 2.45) is 5.92 Å². The average Bonchev–Trinajstić information content (AvgIpc) is 3.30. The molecule has 0 bridgehead atoms. The minimum atomic E-state index is -5.08. The second-order valence-corrected chi connectivity index (χ2v) is 10.1. The Balaban J connectivity index is 0.000000303. The topological polar surface area (TPSA) is 121 Å². The smallest absolute Gasteiger partial charge is 0.490 e. The van der Waals surface area contributed by atoms with Crippen molar-refractivity contribution in [3.8, 4) is 5.75 Å². The van der Waals surface area contributed by atoms with E-state index in [1.54, 1.807) is 7.11 Å². The zero-order valence-electron chi connectivity index (χ0n) is 23.3. The Bertz CT molecular complexity index is 1380. The molecule has 2 N–H and O–H groups in total. The van der Waals surface area contributed by atoms with Gasteiger partial charge >= 0.3 is 24.3 Å². The molecule has 1 saturated heterocycles. The predicted molar refractivity (Wildman–Crippen MR) is 142 cm³/mol. The lowest BCUT2D eigenvalue weighted by Gasteiger charge is -2.31. The average molecular weight is 620 g/mol. The molecule has 5 rings (SSSR count). The van der Waals surface area contributed by atoms with E-state index in [0.717, 1.165) is 62.3 Å². The maximum Gasteiger partial charge on any atom is 0.490 e. The number of ether oxygens (including phenoxy) is 1. The van der Waals surface area contributed by atoms with Gasteiger partial charge in [0.05, 0.1) is 12.8 Å². The van der Waals surface area contributed by atoms with Gasteiger partial charge in [-0.15, -0.1) is 0 Å². The van der Waals surface area contributed by atoms with Crippen LogP contribution in [0.5, 0.6) is 5.75 Å². The van der Waals surface area contributed by atoms with Crippen molar-refractivity contribution in [3.05, 3.63) is 53.3 Å². The highest BCUT2D eigenvalue weighted by Gasteiger charge is 2.39. The highest BCUT2D eigenvalue weighted by atomic mass is 19.4. The standard InChI is InChI=1S/C23H29N5O.2C2HF3O2/c1-17-6-11-27(12-7-17)22-9-13-28-23(24-22)20-16-26(10-8-21(20)25-28)15-18-4-3-5-19(14-18)29-2;2*3-2(4,5)1(6)7/h3-5,9,13-14,17H,6-8,10-12,15-16H2,1-2H3;2*(H,6,7). The zero-order chi connectivity index (χ0) is 31.9. The molecule has 2 aromatic heterocycles. The first-order chi connectivity index (χ1) is 20.1. The first kappa shape index (κ1) is 33.4. The van der Waals surface area contributed by atoms with Crippen LogP contribution >= 0.6 is 0 Å². The number of hydrogen-bond acceptors (Lipinski definition) is 7. The summed E-state index contributed by atoms with van der Waals surface area (Å²) < 4.78 is 70.8. The molecular formula is C27H31F6N5O5. The number of benzene rings is 1. The minimum absolute atomic E-state index is 0.822.